The number of benzene rings is 3. The number of esters is 1. The average Bonchev–Trinajstić information content (AvgIpc) is 2.80. The topological polar surface area (TPSA) is 88.4 Å². The van der Waals surface area contributed by atoms with Crippen molar-refractivity contribution in [1.82, 2.24) is 0 Å². The molecule has 3 aromatic carbocycles. The number of amides is 1. The largest absolute Gasteiger partial charge is 0.497 e. The van der Waals surface area contributed by atoms with Gasteiger partial charge in [0.15, 0.2) is 0 Å². The predicted molar refractivity (Wildman–Crippen MR) is 128 cm³/mol. The number of carbonyl (C=O) groups is 2. The van der Waals surface area contributed by atoms with Crippen LogP contribution in [0.4, 0.5) is 5.69 Å². The third-order valence-electron chi connectivity index (χ3n) is 4.27. The highest BCUT2D eigenvalue weighted by atomic mass is 79.9. The Morgan fingerprint density at radius 2 is 1.62 bits per heavy atom. The van der Waals surface area contributed by atoms with Crippen LogP contribution in [0.15, 0.2) is 81.2 Å². The Bertz CT molecular complexity index is 1210. The number of hydrogen-bond donors (Lipinski definition) is 1. The van der Waals surface area contributed by atoms with Crippen LogP contribution in [0.25, 0.3) is 6.08 Å². The third kappa shape index (κ3) is 6.06. The summed E-state index contributed by atoms with van der Waals surface area (Å²) in [6.07, 6.45) is 1.37. The number of rotatable bonds is 6. The second-order valence-corrected chi connectivity index (χ2v) is 8.26. The van der Waals surface area contributed by atoms with Gasteiger partial charge in [-0.25, -0.2) is 4.79 Å². The molecule has 0 fully saturated rings. The second kappa shape index (κ2) is 10.8. The lowest BCUT2D eigenvalue weighted by Crippen LogP contribution is -2.13. The normalized spacial score (nSPS) is 10.8. The molecule has 0 aliphatic carbocycles. The Hall–Kier alpha value is -3.41. The first-order valence-electron chi connectivity index (χ1n) is 9.24. The summed E-state index contributed by atoms with van der Waals surface area (Å²) in [5.74, 6) is -0.341. The fourth-order valence-corrected chi connectivity index (χ4v) is 3.29. The molecule has 0 saturated carbocycles. The third-order valence-corrected chi connectivity index (χ3v) is 5.29. The van der Waals surface area contributed by atoms with E-state index in [2.05, 4.69) is 37.2 Å². The van der Waals surface area contributed by atoms with Crippen molar-refractivity contribution in [2.24, 2.45) is 0 Å². The van der Waals surface area contributed by atoms with Crippen LogP contribution in [-0.4, -0.2) is 19.0 Å². The van der Waals surface area contributed by atoms with Gasteiger partial charge in [-0.3, -0.25) is 4.79 Å². The highest BCUT2D eigenvalue weighted by Gasteiger charge is 2.15. The monoisotopic (exact) mass is 554 g/mol. The SMILES string of the molecule is COc1ccc(C(=O)Oc2ccc(Br)cc2/C=C(\C#N)C(=O)Nc2ccc(Br)cc2)cc1. The summed E-state index contributed by atoms with van der Waals surface area (Å²) in [6, 6.07) is 20.3. The van der Waals surface area contributed by atoms with Crippen molar-refractivity contribution in [1.29, 1.82) is 5.26 Å². The fraction of sp³-hybridized carbons (Fsp3) is 0.0417. The number of nitriles is 1. The van der Waals surface area contributed by atoms with Crippen molar-refractivity contribution in [3.63, 3.8) is 0 Å². The van der Waals surface area contributed by atoms with Gasteiger partial charge in [0.25, 0.3) is 5.91 Å². The molecular weight excluding hydrogens is 540 g/mol. The van der Waals surface area contributed by atoms with Crippen LogP contribution in [0.3, 0.4) is 0 Å². The van der Waals surface area contributed by atoms with Crippen LogP contribution < -0.4 is 14.8 Å². The second-order valence-electron chi connectivity index (χ2n) is 6.43. The molecule has 0 aliphatic rings. The maximum absolute atomic E-state index is 12.6. The van der Waals surface area contributed by atoms with E-state index in [-0.39, 0.29) is 11.3 Å². The lowest BCUT2D eigenvalue weighted by atomic mass is 10.1. The zero-order chi connectivity index (χ0) is 23.1. The van der Waals surface area contributed by atoms with Gasteiger partial charge in [0.2, 0.25) is 0 Å². The number of nitrogens with one attached hydrogen (secondary N) is 1. The number of methoxy groups -OCH3 is 1. The molecule has 0 saturated heterocycles. The Labute approximate surface area is 201 Å². The summed E-state index contributed by atoms with van der Waals surface area (Å²) in [5, 5.41) is 12.2. The quantitative estimate of drug-likeness (QED) is 0.175. The first kappa shape index (κ1) is 23.3. The molecule has 0 bridgehead atoms. The van der Waals surface area contributed by atoms with Gasteiger partial charge in [0.05, 0.1) is 12.7 Å². The average molecular weight is 556 g/mol. The molecular formula is C24H16Br2N2O4. The van der Waals surface area contributed by atoms with E-state index >= 15 is 0 Å². The number of halogens is 2. The number of carbonyl (C=O) groups excluding carboxylic acids is 2. The summed E-state index contributed by atoms with van der Waals surface area (Å²) >= 11 is 6.69. The molecule has 0 atom stereocenters. The molecule has 3 aromatic rings. The molecule has 0 spiro atoms. The fourth-order valence-electron chi connectivity index (χ4n) is 2.65. The minimum atomic E-state index is -0.581. The molecule has 0 aliphatic heterocycles. The first-order valence-corrected chi connectivity index (χ1v) is 10.8. The molecule has 1 amide bonds. The summed E-state index contributed by atoms with van der Waals surface area (Å²) in [4.78, 5) is 25.2. The smallest absolute Gasteiger partial charge is 0.343 e. The zero-order valence-corrected chi connectivity index (χ0v) is 19.9. The van der Waals surface area contributed by atoms with E-state index in [4.69, 9.17) is 9.47 Å². The molecule has 0 unspecified atom stereocenters. The van der Waals surface area contributed by atoms with Gasteiger partial charge in [0.1, 0.15) is 23.1 Å². The van der Waals surface area contributed by atoms with Gasteiger partial charge in [-0.1, -0.05) is 31.9 Å². The van der Waals surface area contributed by atoms with Gasteiger partial charge >= 0.3 is 5.97 Å². The van der Waals surface area contributed by atoms with Gasteiger partial charge in [-0.2, -0.15) is 5.26 Å². The van der Waals surface area contributed by atoms with Gasteiger partial charge in [-0.15, -0.1) is 0 Å². The van der Waals surface area contributed by atoms with Crippen molar-refractivity contribution in [2.45, 2.75) is 0 Å². The number of anilines is 1. The summed E-state index contributed by atoms with van der Waals surface area (Å²) in [5.41, 5.74) is 1.12. The number of ether oxygens (including phenoxy) is 2. The Balaban J connectivity index is 1.85. The first-order chi connectivity index (χ1) is 15.4. The van der Waals surface area contributed by atoms with E-state index in [1.807, 2.05) is 6.07 Å². The molecule has 0 aromatic heterocycles. The maximum atomic E-state index is 12.6. The van der Waals surface area contributed by atoms with Gasteiger partial charge in [-0.05, 0) is 72.8 Å². The van der Waals surface area contributed by atoms with Crippen molar-refractivity contribution < 1.29 is 19.1 Å². The van der Waals surface area contributed by atoms with Crippen LogP contribution in [0, 0.1) is 11.3 Å². The van der Waals surface area contributed by atoms with Crippen LogP contribution in [-0.2, 0) is 4.79 Å². The van der Waals surface area contributed by atoms with Gasteiger partial charge < -0.3 is 14.8 Å². The van der Waals surface area contributed by atoms with E-state index in [0.717, 1.165) is 4.47 Å². The van der Waals surface area contributed by atoms with Crippen molar-refractivity contribution in [3.05, 3.63) is 92.4 Å². The standard InChI is InChI=1S/C24H16Br2N2O4/c1-31-21-9-2-15(3-10-21)24(30)32-22-11-6-19(26)13-16(22)12-17(14-27)23(29)28-20-7-4-18(25)5-8-20/h2-13H,1H3,(H,28,29)/b17-12+. The Kier molecular flexibility index (Phi) is 7.82. The van der Waals surface area contributed by atoms with Crippen LogP contribution in [0.1, 0.15) is 15.9 Å². The molecule has 0 radical (unpaired) electrons. The summed E-state index contributed by atoms with van der Waals surface area (Å²) in [6.45, 7) is 0. The van der Waals surface area contributed by atoms with Crippen molar-refractivity contribution in [2.75, 3.05) is 12.4 Å². The summed E-state index contributed by atoms with van der Waals surface area (Å²) < 4.78 is 12.2. The number of nitrogens with zero attached hydrogens (tertiary/aromatic N) is 1. The van der Waals surface area contributed by atoms with Gasteiger partial charge in [0, 0.05) is 20.2 Å². The van der Waals surface area contributed by atoms with Crippen LogP contribution in [0.2, 0.25) is 0 Å². The van der Waals surface area contributed by atoms with E-state index in [9.17, 15) is 14.9 Å². The highest BCUT2D eigenvalue weighted by molar-refractivity contribution is 9.10. The molecule has 3 rings (SSSR count). The van der Waals surface area contributed by atoms with E-state index in [1.165, 1.54) is 13.2 Å². The maximum Gasteiger partial charge on any atom is 0.343 e. The van der Waals surface area contributed by atoms with E-state index in [1.54, 1.807) is 66.7 Å². The minimum Gasteiger partial charge on any atom is -0.497 e. The lowest BCUT2D eigenvalue weighted by Gasteiger charge is -2.10. The molecule has 160 valence electrons. The molecule has 0 heterocycles. The number of hydrogen-bond acceptors (Lipinski definition) is 5. The van der Waals surface area contributed by atoms with E-state index < -0.39 is 11.9 Å². The Morgan fingerprint density at radius 1 is 0.969 bits per heavy atom. The minimum absolute atomic E-state index is 0.146. The highest BCUT2D eigenvalue weighted by Crippen LogP contribution is 2.27. The molecule has 8 heteroatoms. The van der Waals surface area contributed by atoms with E-state index in [0.29, 0.717) is 27.0 Å². The molecule has 32 heavy (non-hydrogen) atoms. The Morgan fingerprint density at radius 3 is 2.25 bits per heavy atom. The molecule has 1 N–H and O–H groups in total. The zero-order valence-electron chi connectivity index (χ0n) is 16.8. The molecule has 6 nitrogen and oxygen atoms in total. The lowest BCUT2D eigenvalue weighted by molar-refractivity contribution is -0.112. The predicted octanol–water partition coefficient (Wildman–Crippen LogP) is 5.99. The summed E-state index contributed by atoms with van der Waals surface area (Å²) in [7, 11) is 1.54. The van der Waals surface area contributed by atoms with Crippen LogP contribution >= 0.6 is 31.9 Å². The van der Waals surface area contributed by atoms with Crippen molar-refractivity contribution >= 4 is 55.5 Å². The van der Waals surface area contributed by atoms with Crippen LogP contribution in [0.5, 0.6) is 11.5 Å². The van der Waals surface area contributed by atoms with Crippen molar-refractivity contribution in [3.8, 4) is 17.6 Å².